The minimum Gasteiger partial charge on any atom is -0.485 e. The lowest BCUT2D eigenvalue weighted by atomic mass is 9.92. The lowest BCUT2D eigenvalue weighted by Gasteiger charge is -2.32. The van der Waals surface area contributed by atoms with Crippen molar-refractivity contribution < 1.29 is 9.13 Å². The van der Waals surface area contributed by atoms with Crippen LogP contribution >= 0.6 is 15.9 Å². The van der Waals surface area contributed by atoms with Crippen molar-refractivity contribution in [3.05, 3.63) is 63.4 Å². The monoisotopic (exact) mass is 349 g/mol. The molecular weight excluding hydrogens is 333 g/mol. The summed E-state index contributed by atoms with van der Waals surface area (Å²) in [7, 11) is 1.96. The van der Waals surface area contributed by atoms with Crippen molar-refractivity contribution >= 4 is 15.9 Å². The first-order valence-corrected chi connectivity index (χ1v) is 7.77. The van der Waals surface area contributed by atoms with Crippen LogP contribution in [0.4, 0.5) is 4.39 Å². The van der Waals surface area contributed by atoms with E-state index < -0.39 is 0 Å². The molecule has 0 aromatic heterocycles. The fraction of sp³-hybridized carbons (Fsp3) is 0.294. The molecule has 0 radical (unpaired) electrons. The molecule has 0 amide bonds. The van der Waals surface area contributed by atoms with Gasteiger partial charge in [0.05, 0.1) is 4.47 Å². The second-order valence-electron chi connectivity index (χ2n) is 5.40. The molecule has 0 bridgehead atoms. The van der Waals surface area contributed by atoms with E-state index in [1.54, 1.807) is 12.1 Å². The van der Waals surface area contributed by atoms with Crippen molar-refractivity contribution in [2.45, 2.75) is 25.5 Å². The van der Waals surface area contributed by atoms with E-state index in [1.807, 2.05) is 13.1 Å². The van der Waals surface area contributed by atoms with E-state index in [1.165, 1.54) is 17.2 Å². The highest BCUT2D eigenvalue weighted by Gasteiger charge is 2.28. The van der Waals surface area contributed by atoms with Crippen molar-refractivity contribution in [2.75, 3.05) is 7.05 Å². The zero-order valence-corrected chi connectivity index (χ0v) is 13.6. The molecule has 110 valence electrons. The van der Waals surface area contributed by atoms with Crippen molar-refractivity contribution in [1.29, 1.82) is 0 Å². The van der Waals surface area contributed by atoms with Crippen LogP contribution in [0, 0.1) is 12.7 Å². The number of hydrogen-bond acceptors (Lipinski definition) is 2. The van der Waals surface area contributed by atoms with E-state index in [9.17, 15) is 4.39 Å². The fourth-order valence-corrected chi connectivity index (χ4v) is 3.18. The Labute approximate surface area is 132 Å². The highest BCUT2D eigenvalue weighted by Crippen LogP contribution is 2.41. The van der Waals surface area contributed by atoms with E-state index in [0.717, 1.165) is 17.7 Å². The summed E-state index contributed by atoms with van der Waals surface area (Å²) in [6.45, 7) is 2.08. The van der Waals surface area contributed by atoms with Crippen LogP contribution in [-0.2, 0) is 0 Å². The number of nitrogens with one attached hydrogen (secondary N) is 1. The number of halogens is 2. The molecule has 2 atom stereocenters. The number of hydrogen-bond donors (Lipinski definition) is 1. The third kappa shape index (κ3) is 2.83. The zero-order chi connectivity index (χ0) is 15.0. The summed E-state index contributed by atoms with van der Waals surface area (Å²) in [5, 5.41) is 3.35. The first-order chi connectivity index (χ1) is 10.1. The first kappa shape index (κ1) is 14.5. The van der Waals surface area contributed by atoms with Crippen LogP contribution in [0.5, 0.6) is 5.75 Å². The number of aryl methyl sites for hydroxylation is 1. The van der Waals surface area contributed by atoms with Gasteiger partial charge in [-0.3, -0.25) is 0 Å². The highest BCUT2D eigenvalue weighted by atomic mass is 79.9. The molecule has 0 fully saturated rings. The molecule has 2 unspecified atom stereocenters. The maximum Gasteiger partial charge on any atom is 0.137 e. The van der Waals surface area contributed by atoms with Gasteiger partial charge in [0.25, 0.3) is 0 Å². The molecule has 1 heterocycles. The summed E-state index contributed by atoms with van der Waals surface area (Å²) < 4.78 is 20.0. The summed E-state index contributed by atoms with van der Waals surface area (Å²) in [4.78, 5) is 0. The summed E-state index contributed by atoms with van der Waals surface area (Å²) >= 11 is 3.24. The minimum atomic E-state index is -0.254. The molecule has 2 aromatic rings. The molecule has 1 aliphatic heterocycles. The SMILES string of the molecule is CNC1CC(c2ccc(F)c(Br)c2)Oc2ccc(C)cc21. The van der Waals surface area contributed by atoms with Crippen LogP contribution in [0.15, 0.2) is 40.9 Å². The number of ether oxygens (including phenoxy) is 1. The number of benzene rings is 2. The summed E-state index contributed by atoms with van der Waals surface area (Å²) in [6, 6.07) is 11.5. The molecule has 4 heteroatoms. The van der Waals surface area contributed by atoms with Gasteiger partial charge in [0.15, 0.2) is 0 Å². The summed E-state index contributed by atoms with van der Waals surface area (Å²) in [5.74, 6) is 0.646. The molecule has 2 aromatic carbocycles. The van der Waals surface area contributed by atoms with E-state index in [2.05, 4.69) is 40.3 Å². The third-order valence-electron chi connectivity index (χ3n) is 3.92. The van der Waals surface area contributed by atoms with E-state index >= 15 is 0 Å². The third-order valence-corrected chi connectivity index (χ3v) is 4.53. The molecule has 0 aliphatic carbocycles. The average molecular weight is 350 g/mol. The minimum absolute atomic E-state index is 0.0745. The molecule has 0 spiro atoms. The Bertz CT molecular complexity index is 674. The van der Waals surface area contributed by atoms with Crippen LogP contribution in [0.1, 0.15) is 35.3 Å². The van der Waals surface area contributed by atoms with Gasteiger partial charge in [-0.15, -0.1) is 0 Å². The molecule has 3 rings (SSSR count). The van der Waals surface area contributed by atoms with Gasteiger partial charge in [0, 0.05) is 18.0 Å². The molecular formula is C17H17BrFNO. The van der Waals surface area contributed by atoms with Crippen molar-refractivity contribution in [3.8, 4) is 5.75 Å². The van der Waals surface area contributed by atoms with Crippen LogP contribution in [0.25, 0.3) is 0 Å². The second-order valence-corrected chi connectivity index (χ2v) is 6.25. The van der Waals surface area contributed by atoms with E-state index in [0.29, 0.717) is 4.47 Å². The average Bonchev–Trinajstić information content (AvgIpc) is 2.49. The Balaban J connectivity index is 1.96. The molecule has 2 nitrogen and oxygen atoms in total. The number of rotatable bonds is 2. The molecule has 1 N–H and O–H groups in total. The van der Waals surface area contributed by atoms with Gasteiger partial charge in [-0.05, 0) is 53.7 Å². The maximum absolute atomic E-state index is 13.4. The predicted molar refractivity (Wildman–Crippen MR) is 85.1 cm³/mol. The van der Waals surface area contributed by atoms with E-state index in [-0.39, 0.29) is 18.0 Å². The summed E-state index contributed by atoms with van der Waals surface area (Å²) in [6.07, 6.45) is 0.750. The maximum atomic E-state index is 13.4. The predicted octanol–water partition coefficient (Wildman–Crippen LogP) is 4.68. The molecule has 0 saturated heterocycles. The topological polar surface area (TPSA) is 21.3 Å². The van der Waals surface area contributed by atoms with Crippen molar-refractivity contribution in [1.82, 2.24) is 5.32 Å². The fourth-order valence-electron chi connectivity index (χ4n) is 2.78. The lowest BCUT2D eigenvalue weighted by Crippen LogP contribution is -2.26. The van der Waals surface area contributed by atoms with Gasteiger partial charge in [0.2, 0.25) is 0 Å². The Morgan fingerprint density at radius 1 is 1.24 bits per heavy atom. The Hall–Kier alpha value is -1.39. The van der Waals surface area contributed by atoms with Crippen molar-refractivity contribution in [3.63, 3.8) is 0 Å². The summed E-state index contributed by atoms with van der Waals surface area (Å²) in [5.41, 5.74) is 3.39. The highest BCUT2D eigenvalue weighted by molar-refractivity contribution is 9.10. The normalized spacial score (nSPS) is 20.8. The van der Waals surface area contributed by atoms with Gasteiger partial charge in [0.1, 0.15) is 17.7 Å². The molecule has 1 aliphatic rings. The first-order valence-electron chi connectivity index (χ1n) is 6.98. The molecule has 21 heavy (non-hydrogen) atoms. The quantitative estimate of drug-likeness (QED) is 0.849. The van der Waals surface area contributed by atoms with Gasteiger partial charge in [-0.1, -0.05) is 23.8 Å². The second kappa shape index (κ2) is 5.78. The Morgan fingerprint density at radius 2 is 2.05 bits per heavy atom. The van der Waals surface area contributed by atoms with Gasteiger partial charge in [-0.2, -0.15) is 0 Å². The van der Waals surface area contributed by atoms with Crippen LogP contribution in [0.3, 0.4) is 0 Å². The lowest BCUT2D eigenvalue weighted by molar-refractivity contribution is 0.153. The molecule has 0 saturated carbocycles. The Morgan fingerprint density at radius 3 is 2.76 bits per heavy atom. The van der Waals surface area contributed by atoms with Gasteiger partial charge in [-0.25, -0.2) is 4.39 Å². The number of fused-ring (bicyclic) bond motifs is 1. The van der Waals surface area contributed by atoms with Crippen molar-refractivity contribution in [2.24, 2.45) is 0 Å². The Kier molecular flexibility index (Phi) is 4.00. The van der Waals surface area contributed by atoms with Crippen LogP contribution in [-0.4, -0.2) is 7.05 Å². The van der Waals surface area contributed by atoms with Gasteiger partial charge < -0.3 is 10.1 Å². The van der Waals surface area contributed by atoms with Crippen LogP contribution < -0.4 is 10.1 Å². The standard InChI is InChI=1S/C17H17BrFNO/c1-10-3-6-16-12(7-10)15(20-2)9-17(21-16)11-4-5-14(19)13(18)8-11/h3-8,15,17,20H,9H2,1-2H3. The van der Waals surface area contributed by atoms with Gasteiger partial charge >= 0.3 is 0 Å². The zero-order valence-electron chi connectivity index (χ0n) is 12.0. The van der Waals surface area contributed by atoms with Crippen LogP contribution in [0.2, 0.25) is 0 Å². The van der Waals surface area contributed by atoms with E-state index in [4.69, 9.17) is 4.74 Å². The smallest absolute Gasteiger partial charge is 0.137 e. The largest absolute Gasteiger partial charge is 0.485 e.